The molecule has 0 bridgehead atoms. The summed E-state index contributed by atoms with van der Waals surface area (Å²) in [5, 5.41) is 8.64. The van der Waals surface area contributed by atoms with Crippen molar-refractivity contribution in [1.29, 1.82) is 0 Å². The molecule has 0 aromatic heterocycles. The molecule has 1 rings (SSSR count). The molecule has 6 heteroatoms. The molecule has 0 aromatic rings. The van der Waals surface area contributed by atoms with Crippen molar-refractivity contribution in [2.24, 2.45) is 0 Å². The van der Waals surface area contributed by atoms with Gasteiger partial charge < -0.3 is 19.5 Å². The minimum atomic E-state index is -1.19. The minimum absolute atomic E-state index is 0.152. The Labute approximate surface area is 75.0 Å². The van der Waals surface area contributed by atoms with E-state index in [1.165, 1.54) is 19.0 Å². The Bertz CT molecular complexity index is 227. The van der Waals surface area contributed by atoms with E-state index >= 15 is 0 Å². The van der Waals surface area contributed by atoms with Crippen molar-refractivity contribution in [2.45, 2.75) is 12.2 Å². The predicted octanol–water partition coefficient (Wildman–Crippen LogP) is -1.10. The maximum atomic E-state index is 11.3. The second-order valence-electron chi connectivity index (χ2n) is 2.86. The molecule has 2 unspecified atom stereocenters. The van der Waals surface area contributed by atoms with E-state index in [4.69, 9.17) is 14.6 Å². The Balaban J connectivity index is 2.68. The van der Waals surface area contributed by atoms with Gasteiger partial charge in [-0.2, -0.15) is 0 Å². The number of rotatable bonds is 2. The maximum absolute atomic E-state index is 11.3. The lowest BCUT2D eigenvalue weighted by atomic mass is 10.2. The van der Waals surface area contributed by atoms with Gasteiger partial charge in [0.1, 0.15) is 6.79 Å². The number of carbonyl (C=O) groups is 2. The molecule has 74 valence electrons. The van der Waals surface area contributed by atoms with Gasteiger partial charge in [0, 0.05) is 14.1 Å². The SMILES string of the molecule is CN(C)C(=O)C1OCOC1C(=O)O. The van der Waals surface area contributed by atoms with Crippen molar-refractivity contribution >= 4 is 11.9 Å². The van der Waals surface area contributed by atoms with Crippen LogP contribution < -0.4 is 0 Å². The monoisotopic (exact) mass is 189 g/mol. The molecule has 0 radical (unpaired) electrons. The van der Waals surface area contributed by atoms with Gasteiger partial charge >= 0.3 is 5.97 Å². The Hall–Kier alpha value is -1.14. The van der Waals surface area contributed by atoms with Crippen molar-refractivity contribution < 1.29 is 24.2 Å². The summed E-state index contributed by atoms with van der Waals surface area (Å²) in [6.07, 6.45) is -2.21. The second kappa shape index (κ2) is 3.71. The molecular weight excluding hydrogens is 178 g/mol. The van der Waals surface area contributed by atoms with Gasteiger partial charge in [0.05, 0.1) is 0 Å². The number of aliphatic carboxylic acids is 1. The number of ether oxygens (including phenoxy) is 2. The van der Waals surface area contributed by atoms with Crippen LogP contribution in [0.4, 0.5) is 0 Å². The average molecular weight is 189 g/mol. The number of carbonyl (C=O) groups excluding carboxylic acids is 1. The summed E-state index contributed by atoms with van der Waals surface area (Å²) in [5.74, 6) is -1.58. The zero-order chi connectivity index (χ0) is 10.0. The second-order valence-corrected chi connectivity index (χ2v) is 2.86. The lowest BCUT2D eigenvalue weighted by molar-refractivity contribution is -0.152. The van der Waals surface area contributed by atoms with E-state index < -0.39 is 24.1 Å². The van der Waals surface area contributed by atoms with Crippen LogP contribution >= 0.6 is 0 Å². The van der Waals surface area contributed by atoms with Crippen LogP contribution in [-0.2, 0) is 19.1 Å². The van der Waals surface area contributed by atoms with Crippen molar-refractivity contribution in [3.63, 3.8) is 0 Å². The molecule has 1 aliphatic heterocycles. The standard InChI is InChI=1S/C7H11NO5/c1-8(2)6(9)4-5(7(10)11)13-3-12-4/h4-5H,3H2,1-2H3,(H,10,11). The van der Waals surface area contributed by atoms with E-state index in [9.17, 15) is 9.59 Å². The number of hydrogen-bond donors (Lipinski definition) is 1. The van der Waals surface area contributed by atoms with Gasteiger partial charge in [-0.15, -0.1) is 0 Å². The quantitative estimate of drug-likeness (QED) is 0.596. The van der Waals surface area contributed by atoms with E-state index in [1.807, 2.05) is 0 Å². The van der Waals surface area contributed by atoms with Crippen LogP contribution in [0.25, 0.3) is 0 Å². The third-order valence-electron chi connectivity index (χ3n) is 1.70. The molecule has 1 fully saturated rings. The highest BCUT2D eigenvalue weighted by atomic mass is 16.7. The number of nitrogens with zero attached hydrogens (tertiary/aromatic N) is 1. The van der Waals surface area contributed by atoms with Crippen LogP contribution in [0.5, 0.6) is 0 Å². The molecule has 6 nitrogen and oxygen atoms in total. The van der Waals surface area contributed by atoms with Crippen molar-refractivity contribution in [3.8, 4) is 0 Å². The molecule has 1 aliphatic rings. The number of likely N-dealkylation sites (N-methyl/N-ethyl adjacent to an activating group) is 1. The highest BCUT2D eigenvalue weighted by Gasteiger charge is 2.41. The molecule has 1 N–H and O–H groups in total. The van der Waals surface area contributed by atoms with Crippen molar-refractivity contribution in [1.82, 2.24) is 4.90 Å². The van der Waals surface area contributed by atoms with Crippen LogP contribution in [0, 0.1) is 0 Å². The summed E-state index contributed by atoms with van der Waals surface area (Å²) in [6.45, 7) is -0.152. The number of hydrogen-bond acceptors (Lipinski definition) is 4. The van der Waals surface area contributed by atoms with E-state index in [2.05, 4.69) is 0 Å². The number of carboxylic acid groups (broad SMARTS) is 1. The molecule has 1 amide bonds. The van der Waals surface area contributed by atoms with Gasteiger partial charge in [-0.25, -0.2) is 4.79 Å². The lowest BCUT2D eigenvalue weighted by Crippen LogP contribution is -2.43. The molecule has 13 heavy (non-hydrogen) atoms. The molecular formula is C7H11NO5. The smallest absolute Gasteiger partial charge is 0.336 e. The third kappa shape index (κ3) is 1.96. The summed E-state index contributed by atoms with van der Waals surface area (Å²) >= 11 is 0. The van der Waals surface area contributed by atoms with Gasteiger partial charge in [-0.1, -0.05) is 0 Å². The zero-order valence-electron chi connectivity index (χ0n) is 7.39. The van der Waals surface area contributed by atoms with Gasteiger partial charge in [0.25, 0.3) is 5.91 Å². The molecule has 1 heterocycles. The van der Waals surface area contributed by atoms with E-state index in [-0.39, 0.29) is 6.79 Å². The largest absolute Gasteiger partial charge is 0.479 e. The fourth-order valence-electron chi connectivity index (χ4n) is 1.02. The van der Waals surface area contributed by atoms with Gasteiger partial charge in [0.15, 0.2) is 12.2 Å². The van der Waals surface area contributed by atoms with Crippen molar-refractivity contribution in [3.05, 3.63) is 0 Å². The van der Waals surface area contributed by atoms with Crippen molar-refractivity contribution in [2.75, 3.05) is 20.9 Å². The average Bonchev–Trinajstić information content (AvgIpc) is 2.50. The van der Waals surface area contributed by atoms with Crippen LogP contribution in [0.1, 0.15) is 0 Å². The molecule has 0 spiro atoms. The summed E-state index contributed by atoms with van der Waals surface area (Å²) in [6, 6.07) is 0. The fourth-order valence-corrected chi connectivity index (χ4v) is 1.02. The molecule has 0 saturated carbocycles. The Kier molecular flexibility index (Phi) is 2.84. The lowest BCUT2D eigenvalue weighted by Gasteiger charge is -2.17. The van der Waals surface area contributed by atoms with Crippen LogP contribution in [-0.4, -0.2) is 55.0 Å². The maximum Gasteiger partial charge on any atom is 0.336 e. The predicted molar refractivity (Wildman–Crippen MR) is 40.9 cm³/mol. The zero-order valence-corrected chi connectivity index (χ0v) is 7.39. The number of amides is 1. The highest BCUT2D eigenvalue weighted by Crippen LogP contribution is 2.14. The molecule has 1 saturated heterocycles. The Morgan fingerprint density at radius 3 is 2.31 bits per heavy atom. The van der Waals surface area contributed by atoms with Crippen LogP contribution in [0.15, 0.2) is 0 Å². The van der Waals surface area contributed by atoms with Gasteiger partial charge in [-0.05, 0) is 0 Å². The summed E-state index contributed by atoms with van der Waals surface area (Å²) in [7, 11) is 3.06. The van der Waals surface area contributed by atoms with E-state index in [1.54, 1.807) is 0 Å². The number of carboxylic acids is 1. The highest BCUT2D eigenvalue weighted by molar-refractivity contribution is 5.88. The Morgan fingerprint density at radius 2 is 1.85 bits per heavy atom. The first kappa shape index (κ1) is 9.94. The van der Waals surface area contributed by atoms with Gasteiger partial charge in [0.2, 0.25) is 0 Å². The summed E-state index contributed by atoms with van der Waals surface area (Å²) in [5.41, 5.74) is 0. The van der Waals surface area contributed by atoms with E-state index in [0.717, 1.165) is 0 Å². The summed E-state index contributed by atoms with van der Waals surface area (Å²) < 4.78 is 9.58. The normalized spacial score (nSPS) is 27.2. The van der Waals surface area contributed by atoms with E-state index in [0.29, 0.717) is 0 Å². The molecule has 2 atom stereocenters. The van der Waals surface area contributed by atoms with Gasteiger partial charge in [-0.3, -0.25) is 4.79 Å². The molecule has 0 aromatic carbocycles. The first-order valence-corrected chi connectivity index (χ1v) is 3.71. The topological polar surface area (TPSA) is 76.1 Å². The van der Waals surface area contributed by atoms with Crippen LogP contribution in [0.3, 0.4) is 0 Å². The molecule has 0 aliphatic carbocycles. The third-order valence-corrected chi connectivity index (χ3v) is 1.70. The first-order chi connectivity index (χ1) is 6.04. The fraction of sp³-hybridized carbons (Fsp3) is 0.714. The Morgan fingerprint density at radius 1 is 1.31 bits per heavy atom. The summed E-state index contributed by atoms with van der Waals surface area (Å²) in [4.78, 5) is 23.2. The van der Waals surface area contributed by atoms with Crippen LogP contribution in [0.2, 0.25) is 0 Å². The first-order valence-electron chi connectivity index (χ1n) is 3.71. The minimum Gasteiger partial charge on any atom is -0.479 e.